The summed E-state index contributed by atoms with van der Waals surface area (Å²) >= 11 is 1.74. The molecule has 0 atom stereocenters. The Morgan fingerprint density at radius 1 is 1.47 bits per heavy atom. The van der Waals surface area contributed by atoms with Crippen molar-refractivity contribution in [2.24, 2.45) is 0 Å². The van der Waals surface area contributed by atoms with Crippen LogP contribution in [-0.2, 0) is 19.4 Å². The van der Waals surface area contributed by atoms with Gasteiger partial charge in [0.05, 0.1) is 18.3 Å². The van der Waals surface area contributed by atoms with Gasteiger partial charge in [0.1, 0.15) is 0 Å². The molecule has 1 N–H and O–H groups in total. The van der Waals surface area contributed by atoms with E-state index in [4.69, 9.17) is 0 Å². The van der Waals surface area contributed by atoms with E-state index in [1.54, 1.807) is 11.3 Å². The van der Waals surface area contributed by atoms with E-state index in [1.165, 1.54) is 29.1 Å². The largest absolute Gasteiger partial charge is 0.347 e. The van der Waals surface area contributed by atoms with Crippen LogP contribution in [0.5, 0.6) is 0 Å². The summed E-state index contributed by atoms with van der Waals surface area (Å²) in [4.78, 5) is 18.0. The maximum absolute atomic E-state index is 13.4. The number of hydrogen-bond donors (Lipinski definition) is 1. The first-order valence-corrected chi connectivity index (χ1v) is 7.04. The van der Waals surface area contributed by atoms with Crippen molar-refractivity contribution in [2.75, 3.05) is 0 Å². The SMILES string of the molecule is O=C(NCc1cc2c(s1)CCC2)c1ccncc1F. The van der Waals surface area contributed by atoms with Crippen LogP contribution in [0, 0.1) is 5.82 Å². The minimum atomic E-state index is -0.589. The molecule has 0 spiro atoms. The predicted octanol–water partition coefficient (Wildman–Crippen LogP) is 2.70. The summed E-state index contributed by atoms with van der Waals surface area (Å²) in [5, 5.41) is 2.75. The number of hydrogen-bond acceptors (Lipinski definition) is 3. The minimum absolute atomic E-state index is 0.0408. The summed E-state index contributed by atoms with van der Waals surface area (Å²) in [5.74, 6) is -0.984. The molecule has 3 nitrogen and oxygen atoms in total. The highest BCUT2D eigenvalue weighted by atomic mass is 32.1. The number of amides is 1. The number of fused-ring (bicyclic) bond motifs is 1. The molecule has 1 amide bonds. The Labute approximate surface area is 114 Å². The number of carbonyl (C=O) groups is 1. The van der Waals surface area contributed by atoms with Crippen molar-refractivity contribution in [1.82, 2.24) is 10.3 Å². The lowest BCUT2D eigenvalue weighted by Crippen LogP contribution is -2.23. The average Bonchev–Trinajstić information content (AvgIpc) is 2.97. The third-order valence-electron chi connectivity index (χ3n) is 3.24. The van der Waals surface area contributed by atoms with Crippen LogP contribution >= 0.6 is 11.3 Å². The van der Waals surface area contributed by atoms with Crippen LogP contribution in [0.15, 0.2) is 24.5 Å². The Morgan fingerprint density at radius 3 is 3.16 bits per heavy atom. The topological polar surface area (TPSA) is 42.0 Å². The zero-order valence-electron chi connectivity index (χ0n) is 10.3. The van der Waals surface area contributed by atoms with Crippen molar-refractivity contribution < 1.29 is 9.18 Å². The van der Waals surface area contributed by atoms with Gasteiger partial charge in [-0.15, -0.1) is 11.3 Å². The van der Waals surface area contributed by atoms with Gasteiger partial charge in [-0.1, -0.05) is 0 Å². The molecule has 5 heteroatoms. The maximum atomic E-state index is 13.4. The van der Waals surface area contributed by atoms with Crippen molar-refractivity contribution in [2.45, 2.75) is 25.8 Å². The molecule has 0 unspecified atom stereocenters. The van der Waals surface area contributed by atoms with Crippen molar-refractivity contribution in [1.29, 1.82) is 0 Å². The fourth-order valence-electron chi connectivity index (χ4n) is 2.30. The Hall–Kier alpha value is -1.75. The third-order valence-corrected chi connectivity index (χ3v) is 4.47. The van der Waals surface area contributed by atoms with E-state index in [-0.39, 0.29) is 5.56 Å². The summed E-state index contributed by atoms with van der Waals surface area (Å²) in [6, 6.07) is 3.54. The molecule has 0 bridgehead atoms. The molecule has 0 aromatic carbocycles. The molecule has 0 saturated carbocycles. The second kappa shape index (κ2) is 5.09. The van der Waals surface area contributed by atoms with Gasteiger partial charge >= 0.3 is 0 Å². The molecule has 0 aliphatic heterocycles. The number of nitrogens with one attached hydrogen (secondary N) is 1. The fraction of sp³-hybridized carbons (Fsp3) is 0.286. The number of nitrogens with zero attached hydrogens (tertiary/aromatic N) is 1. The van der Waals surface area contributed by atoms with Crippen molar-refractivity contribution in [3.05, 3.63) is 51.2 Å². The molecule has 2 heterocycles. The van der Waals surface area contributed by atoms with Crippen molar-refractivity contribution >= 4 is 17.2 Å². The van der Waals surface area contributed by atoms with Crippen LogP contribution < -0.4 is 5.32 Å². The molecular weight excluding hydrogens is 263 g/mol. The van der Waals surface area contributed by atoms with Gasteiger partial charge in [-0.05, 0) is 37.0 Å². The standard InChI is InChI=1S/C14H13FN2OS/c15-12-8-16-5-4-11(12)14(18)17-7-10-6-9-2-1-3-13(9)19-10/h4-6,8H,1-3,7H2,(H,17,18). The molecular formula is C14H13FN2OS. The smallest absolute Gasteiger partial charge is 0.254 e. The maximum Gasteiger partial charge on any atom is 0.254 e. The van der Waals surface area contributed by atoms with Crippen LogP contribution in [0.2, 0.25) is 0 Å². The fourth-order valence-corrected chi connectivity index (χ4v) is 3.50. The van der Waals surface area contributed by atoms with Gasteiger partial charge in [-0.3, -0.25) is 9.78 Å². The quantitative estimate of drug-likeness (QED) is 0.936. The minimum Gasteiger partial charge on any atom is -0.347 e. The van der Waals surface area contributed by atoms with E-state index in [0.29, 0.717) is 6.54 Å². The highest BCUT2D eigenvalue weighted by Crippen LogP contribution is 2.30. The summed E-state index contributed by atoms with van der Waals surface area (Å²) < 4.78 is 13.4. The summed E-state index contributed by atoms with van der Waals surface area (Å²) in [5.41, 5.74) is 1.45. The average molecular weight is 276 g/mol. The monoisotopic (exact) mass is 276 g/mol. The van der Waals surface area contributed by atoms with Crippen LogP contribution in [-0.4, -0.2) is 10.9 Å². The van der Waals surface area contributed by atoms with Gasteiger partial charge in [-0.25, -0.2) is 4.39 Å². The van der Waals surface area contributed by atoms with Crippen molar-refractivity contribution in [3.63, 3.8) is 0 Å². The first-order chi connectivity index (χ1) is 9.24. The Morgan fingerprint density at radius 2 is 2.37 bits per heavy atom. The van der Waals surface area contributed by atoms with E-state index >= 15 is 0 Å². The first-order valence-electron chi connectivity index (χ1n) is 6.22. The molecule has 0 saturated heterocycles. The second-order valence-corrected chi connectivity index (χ2v) is 5.77. The van der Waals surface area contributed by atoms with Crippen LogP contribution in [0.25, 0.3) is 0 Å². The molecule has 2 aromatic rings. The highest BCUT2D eigenvalue weighted by Gasteiger charge is 2.16. The number of aryl methyl sites for hydroxylation is 2. The predicted molar refractivity (Wildman–Crippen MR) is 71.7 cm³/mol. The van der Waals surface area contributed by atoms with E-state index in [9.17, 15) is 9.18 Å². The molecule has 1 aliphatic carbocycles. The van der Waals surface area contributed by atoms with Gasteiger partial charge in [0.15, 0.2) is 5.82 Å². The zero-order chi connectivity index (χ0) is 13.2. The summed E-state index contributed by atoms with van der Waals surface area (Å²) in [6.07, 6.45) is 5.98. The lowest BCUT2D eigenvalue weighted by Gasteiger charge is -2.04. The molecule has 19 heavy (non-hydrogen) atoms. The van der Waals surface area contributed by atoms with Crippen LogP contribution in [0.1, 0.15) is 32.1 Å². The van der Waals surface area contributed by atoms with E-state index in [0.717, 1.165) is 23.9 Å². The first kappa shape index (κ1) is 12.3. The normalized spacial score (nSPS) is 13.3. The van der Waals surface area contributed by atoms with Gasteiger partial charge < -0.3 is 5.32 Å². The van der Waals surface area contributed by atoms with Gasteiger partial charge in [0.2, 0.25) is 0 Å². The van der Waals surface area contributed by atoms with Gasteiger partial charge in [-0.2, -0.15) is 0 Å². The number of pyridine rings is 1. The summed E-state index contributed by atoms with van der Waals surface area (Å²) in [7, 11) is 0. The van der Waals surface area contributed by atoms with E-state index in [1.807, 2.05) is 0 Å². The highest BCUT2D eigenvalue weighted by molar-refractivity contribution is 7.12. The Bertz CT molecular complexity index is 602. The number of rotatable bonds is 3. The van der Waals surface area contributed by atoms with E-state index in [2.05, 4.69) is 16.4 Å². The Balaban J connectivity index is 1.66. The molecule has 3 rings (SSSR count). The molecule has 2 aromatic heterocycles. The Kier molecular flexibility index (Phi) is 3.29. The number of aromatic nitrogens is 1. The van der Waals surface area contributed by atoms with Gasteiger partial charge in [0.25, 0.3) is 5.91 Å². The number of thiophene rings is 1. The second-order valence-electron chi connectivity index (χ2n) is 4.55. The lowest BCUT2D eigenvalue weighted by atomic mass is 10.2. The van der Waals surface area contributed by atoms with Gasteiger partial charge in [0, 0.05) is 16.0 Å². The number of carbonyl (C=O) groups excluding carboxylic acids is 1. The molecule has 1 aliphatic rings. The summed E-state index contributed by atoms with van der Waals surface area (Å²) in [6.45, 7) is 0.457. The van der Waals surface area contributed by atoms with Crippen molar-refractivity contribution in [3.8, 4) is 0 Å². The molecule has 0 radical (unpaired) electrons. The third kappa shape index (κ3) is 2.51. The zero-order valence-corrected chi connectivity index (χ0v) is 11.1. The van der Waals surface area contributed by atoms with Crippen LogP contribution in [0.4, 0.5) is 4.39 Å². The molecule has 0 fully saturated rings. The van der Waals surface area contributed by atoms with E-state index < -0.39 is 11.7 Å². The lowest BCUT2D eigenvalue weighted by molar-refractivity contribution is 0.0947. The number of halogens is 1. The molecule has 98 valence electrons. The van der Waals surface area contributed by atoms with Crippen LogP contribution in [0.3, 0.4) is 0 Å².